The van der Waals surface area contributed by atoms with Gasteiger partial charge in [-0.05, 0) is 40.9 Å². The van der Waals surface area contributed by atoms with Gasteiger partial charge in [-0.25, -0.2) is 4.68 Å². The van der Waals surface area contributed by atoms with Gasteiger partial charge in [-0.2, -0.15) is 5.10 Å². The second kappa shape index (κ2) is 6.04. The minimum Gasteiger partial charge on any atom is -0.360 e. The number of fused-ring (bicyclic) bond motifs is 1. The van der Waals surface area contributed by atoms with Crippen molar-refractivity contribution in [3.8, 4) is 0 Å². The fraction of sp³-hybridized carbons (Fsp3) is 0.462. The first-order valence-electron chi connectivity index (χ1n) is 6.02. The predicted molar refractivity (Wildman–Crippen MR) is 78.0 cm³/mol. The van der Waals surface area contributed by atoms with Crippen LogP contribution in [0, 0.1) is 0 Å². The number of ether oxygens (including phenoxy) is 1. The fourth-order valence-electron chi connectivity index (χ4n) is 2.02. The van der Waals surface area contributed by atoms with Crippen molar-refractivity contribution in [2.45, 2.75) is 32.4 Å². The zero-order valence-electron chi connectivity index (χ0n) is 10.5. The standard InChI is InChI=1S/C13H16BrClN2O/c1-3-4-5-13(18-2)17-12-7-9(15)6-11(14)10(12)8-16-17/h6-8,13H,3-5H2,1-2H3. The Morgan fingerprint density at radius 2 is 2.28 bits per heavy atom. The average Bonchev–Trinajstić information content (AvgIpc) is 2.74. The molecule has 0 aliphatic carbocycles. The van der Waals surface area contributed by atoms with Crippen LogP contribution in [0.25, 0.3) is 10.9 Å². The molecule has 2 rings (SSSR count). The normalized spacial score (nSPS) is 13.1. The number of benzene rings is 1. The second-order valence-electron chi connectivity index (χ2n) is 4.24. The molecule has 3 nitrogen and oxygen atoms in total. The average molecular weight is 332 g/mol. The lowest BCUT2D eigenvalue weighted by molar-refractivity contribution is 0.0288. The number of unbranched alkanes of at least 4 members (excludes halogenated alkanes) is 1. The summed E-state index contributed by atoms with van der Waals surface area (Å²) in [6.07, 6.45) is 5.01. The number of nitrogens with zero attached hydrogens (tertiary/aromatic N) is 2. The summed E-state index contributed by atoms with van der Waals surface area (Å²) >= 11 is 9.60. The van der Waals surface area contributed by atoms with Crippen LogP contribution in [-0.2, 0) is 4.74 Å². The number of rotatable bonds is 5. The lowest BCUT2D eigenvalue weighted by Gasteiger charge is -2.16. The summed E-state index contributed by atoms with van der Waals surface area (Å²) < 4.78 is 8.39. The molecule has 0 saturated heterocycles. The summed E-state index contributed by atoms with van der Waals surface area (Å²) in [6, 6.07) is 3.80. The molecule has 98 valence electrons. The molecule has 1 heterocycles. The van der Waals surface area contributed by atoms with Crippen molar-refractivity contribution in [1.29, 1.82) is 0 Å². The van der Waals surface area contributed by atoms with Gasteiger partial charge in [-0.3, -0.25) is 0 Å². The monoisotopic (exact) mass is 330 g/mol. The van der Waals surface area contributed by atoms with Crippen molar-refractivity contribution >= 4 is 38.4 Å². The SMILES string of the molecule is CCCCC(OC)n1ncc2c(Br)cc(Cl)cc21. The highest BCUT2D eigenvalue weighted by atomic mass is 79.9. The van der Waals surface area contributed by atoms with Crippen LogP contribution < -0.4 is 0 Å². The molecule has 18 heavy (non-hydrogen) atoms. The van der Waals surface area contributed by atoms with Crippen molar-refractivity contribution in [3.63, 3.8) is 0 Å². The van der Waals surface area contributed by atoms with Crippen LogP contribution in [0.15, 0.2) is 22.8 Å². The fourth-order valence-corrected chi connectivity index (χ4v) is 2.92. The van der Waals surface area contributed by atoms with Crippen molar-refractivity contribution in [2.75, 3.05) is 7.11 Å². The van der Waals surface area contributed by atoms with Gasteiger partial charge in [0.05, 0.1) is 11.7 Å². The molecule has 0 N–H and O–H groups in total. The van der Waals surface area contributed by atoms with Gasteiger partial charge in [0.2, 0.25) is 0 Å². The zero-order valence-corrected chi connectivity index (χ0v) is 12.8. The van der Waals surface area contributed by atoms with E-state index in [1.54, 1.807) is 7.11 Å². The first-order chi connectivity index (χ1) is 8.67. The minimum absolute atomic E-state index is 0.0344. The van der Waals surface area contributed by atoms with Gasteiger partial charge in [0.1, 0.15) is 6.23 Å². The quantitative estimate of drug-likeness (QED) is 0.788. The molecular weight excluding hydrogens is 316 g/mol. The summed E-state index contributed by atoms with van der Waals surface area (Å²) in [5, 5.41) is 6.17. The molecule has 0 saturated carbocycles. The summed E-state index contributed by atoms with van der Waals surface area (Å²) in [4.78, 5) is 0. The van der Waals surface area contributed by atoms with E-state index < -0.39 is 0 Å². The molecular formula is C13H16BrClN2O. The maximum absolute atomic E-state index is 6.09. The molecule has 1 atom stereocenters. The number of aromatic nitrogens is 2. The largest absolute Gasteiger partial charge is 0.360 e. The Hall–Kier alpha value is -0.580. The first-order valence-corrected chi connectivity index (χ1v) is 7.19. The Labute approximate surface area is 120 Å². The van der Waals surface area contributed by atoms with Crippen molar-refractivity contribution in [1.82, 2.24) is 9.78 Å². The van der Waals surface area contributed by atoms with Crippen LogP contribution >= 0.6 is 27.5 Å². The van der Waals surface area contributed by atoms with Crippen LogP contribution in [-0.4, -0.2) is 16.9 Å². The van der Waals surface area contributed by atoms with Crippen molar-refractivity contribution < 1.29 is 4.74 Å². The lowest BCUT2D eigenvalue weighted by atomic mass is 10.2. The number of methoxy groups -OCH3 is 1. The first kappa shape index (κ1) is 13.8. The molecule has 0 aliphatic rings. The van der Waals surface area contributed by atoms with E-state index in [1.165, 1.54) is 0 Å². The highest BCUT2D eigenvalue weighted by Crippen LogP contribution is 2.30. The van der Waals surface area contributed by atoms with Crippen LogP contribution in [0.4, 0.5) is 0 Å². The van der Waals surface area contributed by atoms with E-state index in [9.17, 15) is 0 Å². The summed E-state index contributed by atoms with van der Waals surface area (Å²) in [5.74, 6) is 0. The summed E-state index contributed by atoms with van der Waals surface area (Å²) in [5.41, 5.74) is 0.998. The number of hydrogen-bond acceptors (Lipinski definition) is 2. The Morgan fingerprint density at radius 1 is 1.50 bits per heavy atom. The molecule has 5 heteroatoms. The van der Waals surface area contributed by atoms with Gasteiger partial charge in [0.15, 0.2) is 0 Å². The third kappa shape index (κ3) is 2.71. The Morgan fingerprint density at radius 3 is 2.94 bits per heavy atom. The Bertz CT molecular complexity index is 541. The Kier molecular flexibility index (Phi) is 4.65. The maximum Gasteiger partial charge on any atom is 0.150 e. The van der Waals surface area contributed by atoms with E-state index in [0.717, 1.165) is 34.6 Å². The summed E-state index contributed by atoms with van der Waals surface area (Å²) in [7, 11) is 1.72. The zero-order chi connectivity index (χ0) is 13.1. The minimum atomic E-state index is -0.0344. The molecule has 0 fully saturated rings. The highest BCUT2D eigenvalue weighted by molar-refractivity contribution is 9.10. The second-order valence-corrected chi connectivity index (χ2v) is 5.53. The van der Waals surface area contributed by atoms with E-state index in [4.69, 9.17) is 16.3 Å². The third-order valence-electron chi connectivity index (χ3n) is 2.98. The van der Waals surface area contributed by atoms with Crippen LogP contribution in [0.5, 0.6) is 0 Å². The van der Waals surface area contributed by atoms with E-state index in [2.05, 4.69) is 28.0 Å². The molecule has 0 radical (unpaired) electrons. The lowest BCUT2D eigenvalue weighted by Crippen LogP contribution is -2.12. The van der Waals surface area contributed by atoms with Gasteiger partial charge in [-0.15, -0.1) is 0 Å². The smallest absolute Gasteiger partial charge is 0.150 e. The van der Waals surface area contributed by atoms with E-state index in [0.29, 0.717) is 5.02 Å². The Balaban J connectivity index is 2.43. The third-order valence-corrected chi connectivity index (χ3v) is 3.85. The highest BCUT2D eigenvalue weighted by Gasteiger charge is 2.15. The van der Waals surface area contributed by atoms with E-state index >= 15 is 0 Å². The topological polar surface area (TPSA) is 27.1 Å². The number of hydrogen-bond donors (Lipinski definition) is 0. The van der Waals surface area contributed by atoms with Gasteiger partial charge >= 0.3 is 0 Å². The predicted octanol–water partition coefficient (Wildman–Crippen LogP) is 4.79. The van der Waals surface area contributed by atoms with Crippen molar-refractivity contribution in [2.24, 2.45) is 0 Å². The molecule has 0 spiro atoms. The van der Waals surface area contributed by atoms with E-state index in [1.807, 2.05) is 23.0 Å². The number of halogens is 2. The summed E-state index contributed by atoms with van der Waals surface area (Å²) in [6.45, 7) is 2.17. The van der Waals surface area contributed by atoms with Gasteiger partial charge in [-0.1, -0.05) is 24.9 Å². The molecule has 2 aromatic rings. The van der Waals surface area contributed by atoms with Gasteiger partial charge in [0, 0.05) is 22.0 Å². The van der Waals surface area contributed by atoms with Crippen LogP contribution in [0.3, 0.4) is 0 Å². The molecule has 0 aliphatic heterocycles. The van der Waals surface area contributed by atoms with Gasteiger partial charge in [0.25, 0.3) is 0 Å². The molecule has 1 aromatic carbocycles. The van der Waals surface area contributed by atoms with Gasteiger partial charge < -0.3 is 4.74 Å². The van der Waals surface area contributed by atoms with Crippen LogP contribution in [0.1, 0.15) is 32.4 Å². The molecule has 1 aromatic heterocycles. The molecule has 0 bridgehead atoms. The molecule has 1 unspecified atom stereocenters. The van der Waals surface area contributed by atoms with E-state index in [-0.39, 0.29) is 6.23 Å². The molecule has 0 amide bonds. The maximum atomic E-state index is 6.09. The van der Waals surface area contributed by atoms with Crippen molar-refractivity contribution in [3.05, 3.63) is 27.8 Å². The van der Waals surface area contributed by atoms with Crippen LogP contribution in [0.2, 0.25) is 5.02 Å².